The molecule has 0 bridgehead atoms. The molecule has 1 rings (SSSR count). The minimum absolute atomic E-state index is 0.0647. The van der Waals surface area contributed by atoms with Gasteiger partial charge in [-0.2, -0.15) is 0 Å². The molecule has 0 unspecified atom stereocenters. The quantitative estimate of drug-likeness (QED) is 0.544. The third kappa shape index (κ3) is 6.00. The van der Waals surface area contributed by atoms with Crippen LogP contribution in [0.15, 0.2) is 30.3 Å². The monoisotopic (exact) mass is 335 g/mol. The molecule has 0 aromatic heterocycles. The maximum atomic E-state index is 12.1. The van der Waals surface area contributed by atoms with E-state index in [-0.39, 0.29) is 12.3 Å². The Balaban J connectivity index is 2.64. The number of rotatable bonds is 8. The highest BCUT2D eigenvalue weighted by Gasteiger charge is 2.26. The summed E-state index contributed by atoms with van der Waals surface area (Å²) in [6.07, 6.45) is 0.161. The molecule has 3 atom stereocenters. The molecule has 0 radical (unpaired) electrons. The van der Waals surface area contributed by atoms with Gasteiger partial charge in [0.25, 0.3) is 0 Å². The van der Waals surface area contributed by atoms with E-state index in [1.807, 2.05) is 6.07 Å². The van der Waals surface area contributed by atoms with Crippen molar-refractivity contribution in [3.05, 3.63) is 35.9 Å². The maximum Gasteiger partial charge on any atom is 0.326 e. The van der Waals surface area contributed by atoms with E-state index in [4.69, 9.17) is 5.73 Å². The van der Waals surface area contributed by atoms with Crippen LogP contribution in [0.25, 0.3) is 0 Å². The molecule has 1 aromatic rings. The van der Waals surface area contributed by atoms with Crippen LogP contribution in [0.1, 0.15) is 26.3 Å². The van der Waals surface area contributed by atoms with E-state index in [0.29, 0.717) is 0 Å². The van der Waals surface area contributed by atoms with Crippen molar-refractivity contribution in [3.8, 4) is 0 Å². The predicted molar refractivity (Wildman–Crippen MR) is 90.1 cm³/mol. The molecule has 0 spiro atoms. The second-order valence-corrected chi connectivity index (χ2v) is 6.09. The molecule has 2 amide bonds. The zero-order valence-corrected chi connectivity index (χ0v) is 14.2. The lowest BCUT2D eigenvalue weighted by Gasteiger charge is -2.21. The van der Waals surface area contributed by atoms with E-state index in [1.165, 1.54) is 6.92 Å². The fourth-order valence-corrected chi connectivity index (χ4v) is 2.02. The van der Waals surface area contributed by atoms with Gasteiger partial charge in [0.1, 0.15) is 12.1 Å². The van der Waals surface area contributed by atoms with E-state index in [1.54, 1.807) is 38.1 Å². The Kier molecular flexibility index (Phi) is 7.38. The van der Waals surface area contributed by atoms with Gasteiger partial charge in [-0.05, 0) is 18.4 Å². The Hall–Kier alpha value is -2.41. The van der Waals surface area contributed by atoms with Crippen LogP contribution in [-0.4, -0.2) is 41.0 Å². The molecule has 0 fully saturated rings. The number of carbonyl (C=O) groups excluding carboxylic acids is 2. The number of carbonyl (C=O) groups is 3. The molecule has 24 heavy (non-hydrogen) atoms. The molecule has 1 aromatic carbocycles. The smallest absolute Gasteiger partial charge is 0.326 e. The summed E-state index contributed by atoms with van der Waals surface area (Å²) in [4.78, 5) is 35.4. The zero-order chi connectivity index (χ0) is 18.3. The van der Waals surface area contributed by atoms with Crippen LogP contribution >= 0.6 is 0 Å². The van der Waals surface area contributed by atoms with E-state index >= 15 is 0 Å². The number of amides is 2. The molecule has 0 saturated heterocycles. The zero-order valence-electron chi connectivity index (χ0n) is 14.2. The first-order chi connectivity index (χ1) is 11.2. The number of hydrogen-bond acceptors (Lipinski definition) is 4. The average Bonchev–Trinajstić information content (AvgIpc) is 2.53. The van der Waals surface area contributed by atoms with Crippen molar-refractivity contribution in [1.29, 1.82) is 0 Å². The van der Waals surface area contributed by atoms with Crippen molar-refractivity contribution in [2.45, 2.75) is 45.3 Å². The van der Waals surface area contributed by atoms with Gasteiger partial charge < -0.3 is 21.5 Å². The Morgan fingerprint density at radius 2 is 1.62 bits per heavy atom. The van der Waals surface area contributed by atoms with E-state index in [2.05, 4.69) is 10.6 Å². The molecular weight excluding hydrogens is 310 g/mol. The molecule has 0 aliphatic carbocycles. The first-order valence-electron chi connectivity index (χ1n) is 7.85. The Bertz CT molecular complexity index is 574. The number of nitrogens with two attached hydrogens (primary N) is 1. The van der Waals surface area contributed by atoms with Gasteiger partial charge in [0, 0.05) is 6.42 Å². The third-order valence-corrected chi connectivity index (χ3v) is 3.67. The Labute approximate surface area is 141 Å². The van der Waals surface area contributed by atoms with Crippen molar-refractivity contribution < 1.29 is 19.5 Å². The van der Waals surface area contributed by atoms with E-state index in [0.717, 1.165) is 5.56 Å². The molecule has 0 aliphatic heterocycles. The van der Waals surface area contributed by atoms with Crippen molar-refractivity contribution in [2.24, 2.45) is 11.7 Å². The Morgan fingerprint density at radius 1 is 1.04 bits per heavy atom. The summed E-state index contributed by atoms with van der Waals surface area (Å²) >= 11 is 0. The average molecular weight is 335 g/mol. The number of carboxylic acids is 1. The normalized spacial score (nSPS) is 14.5. The number of benzene rings is 1. The number of nitrogens with one attached hydrogen (secondary N) is 2. The largest absolute Gasteiger partial charge is 0.480 e. The summed E-state index contributed by atoms with van der Waals surface area (Å²) in [5, 5.41) is 14.2. The van der Waals surface area contributed by atoms with Gasteiger partial charge in [-0.15, -0.1) is 0 Å². The molecule has 0 aliphatic rings. The van der Waals surface area contributed by atoms with Gasteiger partial charge in [0.2, 0.25) is 11.8 Å². The number of aliphatic carboxylic acids is 1. The number of hydrogen-bond donors (Lipinski definition) is 4. The fourth-order valence-electron chi connectivity index (χ4n) is 2.02. The minimum Gasteiger partial charge on any atom is -0.480 e. The fraction of sp³-hybridized carbons (Fsp3) is 0.471. The topological polar surface area (TPSA) is 122 Å². The van der Waals surface area contributed by atoms with E-state index < -0.39 is 35.9 Å². The third-order valence-electron chi connectivity index (χ3n) is 3.67. The van der Waals surface area contributed by atoms with Crippen LogP contribution in [0, 0.1) is 5.92 Å². The SMILES string of the molecule is CC(C)[C@H](N)C(=O)N[C@@H](C)C(=O)N[C@@H](Cc1ccccc1)C(=O)O. The lowest BCUT2D eigenvalue weighted by atomic mass is 10.0. The molecular formula is C17H25N3O4. The minimum atomic E-state index is -1.13. The van der Waals surface area contributed by atoms with Crippen LogP contribution in [0.4, 0.5) is 0 Å². The summed E-state index contributed by atoms with van der Waals surface area (Å²) < 4.78 is 0. The summed E-state index contributed by atoms with van der Waals surface area (Å²) in [5.41, 5.74) is 6.52. The van der Waals surface area contributed by atoms with Gasteiger partial charge in [-0.3, -0.25) is 9.59 Å². The number of carboxylic acid groups (broad SMARTS) is 1. The lowest BCUT2D eigenvalue weighted by molar-refractivity contribution is -0.142. The molecule has 132 valence electrons. The summed E-state index contributed by atoms with van der Waals surface area (Å²) in [5.74, 6) is -2.21. The summed E-state index contributed by atoms with van der Waals surface area (Å²) in [7, 11) is 0. The second kappa shape index (κ2) is 9.02. The van der Waals surface area contributed by atoms with Crippen LogP contribution < -0.4 is 16.4 Å². The van der Waals surface area contributed by atoms with Gasteiger partial charge in [0.05, 0.1) is 6.04 Å². The van der Waals surface area contributed by atoms with Crippen LogP contribution in [0.2, 0.25) is 0 Å². The lowest BCUT2D eigenvalue weighted by Crippen LogP contribution is -2.54. The first-order valence-corrected chi connectivity index (χ1v) is 7.85. The van der Waals surface area contributed by atoms with Gasteiger partial charge >= 0.3 is 5.97 Å². The molecule has 0 heterocycles. The molecule has 7 heteroatoms. The molecule has 7 nitrogen and oxygen atoms in total. The van der Waals surface area contributed by atoms with Crippen LogP contribution in [-0.2, 0) is 20.8 Å². The molecule has 5 N–H and O–H groups in total. The van der Waals surface area contributed by atoms with Crippen molar-refractivity contribution >= 4 is 17.8 Å². The van der Waals surface area contributed by atoms with Gasteiger partial charge in [-0.25, -0.2) is 4.79 Å². The van der Waals surface area contributed by atoms with Crippen molar-refractivity contribution in [1.82, 2.24) is 10.6 Å². The molecule has 0 saturated carbocycles. The van der Waals surface area contributed by atoms with E-state index in [9.17, 15) is 19.5 Å². The second-order valence-electron chi connectivity index (χ2n) is 6.09. The standard InChI is InChI=1S/C17H25N3O4/c1-10(2)14(18)16(22)19-11(3)15(21)20-13(17(23)24)9-12-7-5-4-6-8-12/h4-8,10-11,13-14H,9,18H2,1-3H3,(H,19,22)(H,20,21)(H,23,24)/t11-,13-,14-/m0/s1. The van der Waals surface area contributed by atoms with Crippen LogP contribution in [0.5, 0.6) is 0 Å². The summed E-state index contributed by atoms with van der Waals surface area (Å²) in [6.45, 7) is 5.09. The van der Waals surface area contributed by atoms with Gasteiger partial charge in [-0.1, -0.05) is 44.2 Å². The maximum absolute atomic E-state index is 12.1. The summed E-state index contributed by atoms with van der Waals surface area (Å²) in [6, 6.07) is 6.33. The highest BCUT2D eigenvalue weighted by molar-refractivity contribution is 5.91. The van der Waals surface area contributed by atoms with Crippen molar-refractivity contribution in [3.63, 3.8) is 0 Å². The Morgan fingerprint density at radius 3 is 2.12 bits per heavy atom. The first kappa shape index (κ1) is 19.6. The predicted octanol–water partition coefficient (Wildman–Crippen LogP) is 0.287. The van der Waals surface area contributed by atoms with Gasteiger partial charge in [0.15, 0.2) is 0 Å². The highest BCUT2D eigenvalue weighted by Crippen LogP contribution is 2.04. The van der Waals surface area contributed by atoms with Crippen LogP contribution in [0.3, 0.4) is 0 Å². The highest BCUT2D eigenvalue weighted by atomic mass is 16.4. The van der Waals surface area contributed by atoms with Crippen molar-refractivity contribution in [2.75, 3.05) is 0 Å².